The van der Waals surface area contributed by atoms with Crippen LogP contribution in [-0.2, 0) is 16.8 Å². The predicted octanol–water partition coefficient (Wildman–Crippen LogP) is 3.40. The quantitative estimate of drug-likeness (QED) is 0.888. The van der Waals surface area contributed by atoms with Crippen molar-refractivity contribution >= 4 is 11.3 Å². The molecule has 1 aliphatic rings. The van der Waals surface area contributed by atoms with Crippen molar-refractivity contribution < 1.29 is 4.74 Å². The topological polar surface area (TPSA) is 34.2 Å². The monoisotopic (exact) mass is 268 g/mol. The second-order valence-electron chi connectivity index (χ2n) is 5.44. The Kier molecular flexibility index (Phi) is 4.41. The molecule has 0 aliphatic heterocycles. The van der Waals surface area contributed by atoms with Gasteiger partial charge in [-0.2, -0.15) is 0 Å². The summed E-state index contributed by atoms with van der Waals surface area (Å²) in [6.45, 7) is 7.48. The number of nitrogens with one attached hydrogen (secondary N) is 1. The minimum absolute atomic E-state index is 0.267. The summed E-state index contributed by atoms with van der Waals surface area (Å²) < 4.78 is 5.55. The second kappa shape index (κ2) is 5.68. The van der Waals surface area contributed by atoms with Crippen LogP contribution in [0.25, 0.3) is 0 Å². The Labute approximate surface area is 114 Å². The van der Waals surface area contributed by atoms with Crippen LogP contribution < -0.4 is 5.32 Å². The molecule has 0 saturated carbocycles. The zero-order chi connectivity index (χ0) is 13.2. The maximum absolute atomic E-state index is 5.55. The van der Waals surface area contributed by atoms with Crippen molar-refractivity contribution in [2.24, 2.45) is 0 Å². The summed E-state index contributed by atoms with van der Waals surface area (Å²) in [6, 6.07) is 0.507. The van der Waals surface area contributed by atoms with E-state index in [1.165, 1.54) is 29.8 Å². The fourth-order valence-electron chi connectivity index (χ4n) is 2.28. The number of rotatable bonds is 5. The third-order valence-corrected chi connectivity index (χ3v) is 5.13. The van der Waals surface area contributed by atoms with Crippen LogP contribution in [-0.4, -0.2) is 18.6 Å². The number of hydrogen-bond donors (Lipinski definition) is 1. The summed E-state index contributed by atoms with van der Waals surface area (Å²) in [4.78, 5) is 6.24. The van der Waals surface area contributed by atoms with Crippen LogP contribution >= 0.6 is 11.3 Å². The van der Waals surface area contributed by atoms with Gasteiger partial charge in [0, 0.05) is 18.0 Å². The maximum atomic E-state index is 5.55. The largest absolute Gasteiger partial charge is 0.372 e. The molecule has 0 saturated heterocycles. The van der Waals surface area contributed by atoms with E-state index in [0.717, 1.165) is 18.0 Å². The summed E-state index contributed by atoms with van der Waals surface area (Å²) in [6.07, 6.45) is 4.78. The van der Waals surface area contributed by atoms with E-state index in [-0.39, 0.29) is 5.60 Å². The molecule has 1 N–H and O–H groups in total. The van der Waals surface area contributed by atoms with E-state index in [2.05, 4.69) is 26.1 Å². The Bertz CT molecular complexity index is 400. The van der Waals surface area contributed by atoms with Crippen molar-refractivity contribution in [3.8, 4) is 0 Å². The SMILES string of the molecule is CCCNC1CCCc2nc(C(C)(C)OC)sc21. The molecule has 18 heavy (non-hydrogen) atoms. The molecule has 1 aromatic rings. The van der Waals surface area contributed by atoms with Gasteiger partial charge < -0.3 is 10.1 Å². The van der Waals surface area contributed by atoms with Gasteiger partial charge in [0.05, 0.1) is 5.69 Å². The summed E-state index contributed by atoms with van der Waals surface area (Å²) in [5.41, 5.74) is 1.03. The average Bonchev–Trinajstić information content (AvgIpc) is 2.81. The van der Waals surface area contributed by atoms with E-state index in [9.17, 15) is 0 Å². The molecule has 0 bridgehead atoms. The first kappa shape index (κ1) is 14.0. The fraction of sp³-hybridized carbons (Fsp3) is 0.786. The molecule has 1 aliphatic carbocycles. The van der Waals surface area contributed by atoms with Gasteiger partial charge in [-0.15, -0.1) is 11.3 Å². The van der Waals surface area contributed by atoms with Gasteiger partial charge >= 0.3 is 0 Å². The molecule has 2 rings (SSSR count). The number of aromatic nitrogens is 1. The highest BCUT2D eigenvalue weighted by atomic mass is 32.1. The van der Waals surface area contributed by atoms with Crippen molar-refractivity contribution in [1.29, 1.82) is 0 Å². The molecule has 1 unspecified atom stereocenters. The Morgan fingerprint density at radius 3 is 2.94 bits per heavy atom. The van der Waals surface area contributed by atoms with E-state index < -0.39 is 0 Å². The first-order chi connectivity index (χ1) is 8.58. The van der Waals surface area contributed by atoms with Crippen LogP contribution in [0.15, 0.2) is 0 Å². The van der Waals surface area contributed by atoms with Crippen LogP contribution in [0.3, 0.4) is 0 Å². The van der Waals surface area contributed by atoms with E-state index in [1.54, 1.807) is 7.11 Å². The van der Waals surface area contributed by atoms with Gasteiger partial charge in [0.15, 0.2) is 0 Å². The number of hydrogen-bond acceptors (Lipinski definition) is 4. The van der Waals surface area contributed by atoms with Crippen molar-refractivity contribution in [2.75, 3.05) is 13.7 Å². The van der Waals surface area contributed by atoms with Crippen LogP contribution in [0.1, 0.15) is 61.7 Å². The molecule has 3 nitrogen and oxygen atoms in total. The standard InChI is InChI=1S/C14H24N2OS/c1-5-9-15-10-7-6-8-11-12(10)18-13(16-11)14(2,3)17-4/h10,15H,5-9H2,1-4H3. The van der Waals surface area contributed by atoms with Gasteiger partial charge in [-0.05, 0) is 46.1 Å². The molecular formula is C14H24N2OS. The Hall–Kier alpha value is -0.450. The molecule has 0 spiro atoms. The molecule has 4 heteroatoms. The molecule has 1 atom stereocenters. The van der Waals surface area contributed by atoms with Gasteiger partial charge in [-0.25, -0.2) is 4.98 Å². The molecular weight excluding hydrogens is 244 g/mol. The average molecular weight is 268 g/mol. The van der Waals surface area contributed by atoms with Crippen molar-refractivity contribution in [1.82, 2.24) is 10.3 Å². The van der Waals surface area contributed by atoms with Gasteiger partial charge in [0.2, 0.25) is 0 Å². The number of aryl methyl sites for hydroxylation is 1. The van der Waals surface area contributed by atoms with Crippen molar-refractivity contribution in [3.63, 3.8) is 0 Å². The lowest BCUT2D eigenvalue weighted by Crippen LogP contribution is -2.24. The third kappa shape index (κ3) is 2.76. The zero-order valence-electron chi connectivity index (χ0n) is 11.9. The molecule has 0 amide bonds. The fourth-order valence-corrected chi connectivity index (χ4v) is 3.58. The van der Waals surface area contributed by atoms with E-state index in [1.807, 2.05) is 11.3 Å². The van der Waals surface area contributed by atoms with Gasteiger partial charge in [0.25, 0.3) is 0 Å². The van der Waals surface area contributed by atoms with Gasteiger partial charge in [-0.1, -0.05) is 6.92 Å². The number of fused-ring (bicyclic) bond motifs is 1. The van der Waals surface area contributed by atoms with E-state index in [4.69, 9.17) is 9.72 Å². The third-order valence-electron chi connectivity index (χ3n) is 3.62. The Balaban J connectivity index is 2.23. The first-order valence-corrected chi connectivity index (χ1v) is 7.68. The summed E-state index contributed by atoms with van der Waals surface area (Å²) >= 11 is 1.83. The molecule has 0 radical (unpaired) electrons. The lowest BCUT2D eigenvalue weighted by Gasteiger charge is -2.22. The van der Waals surface area contributed by atoms with Crippen LogP contribution in [0, 0.1) is 0 Å². The lowest BCUT2D eigenvalue weighted by molar-refractivity contribution is 0.0189. The normalized spacial score (nSPS) is 19.9. The maximum Gasteiger partial charge on any atom is 0.125 e. The van der Waals surface area contributed by atoms with Gasteiger partial charge in [0.1, 0.15) is 10.6 Å². The summed E-state index contributed by atoms with van der Waals surface area (Å²) in [5.74, 6) is 0. The van der Waals surface area contributed by atoms with E-state index in [0.29, 0.717) is 6.04 Å². The van der Waals surface area contributed by atoms with Crippen LogP contribution in [0.4, 0.5) is 0 Å². The lowest BCUT2D eigenvalue weighted by atomic mass is 9.98. The van der Waals surface area contributed by atoms with Crippen LogP contribution in [0.5, 0.6) is 0 Å². The zero-order valence-corrected chi connectivity index (χ0v) is 12.7. The molecule has 1 aromatic heterocycles. The summed E-state index contributed by atoms with van der Waals surface area (Å²) in [5, 5.41) is 4.75. The van der Waals surface area contributed by atoms with Crippen molar-refractivity contribution in [3.05, 3.63) is 15.6 Å². The highest BCUT2D eigenvalue weighted by molar-refractivity contribution is 7.12. The predicted molar refractivity (Wildman–Crippen MR) is 76.1 cm³/mol. The molecule has 0 aromatic carbocycles. The Morgan fingerprint density at radius 2 is 2.28 bits per heavy atom. The minimum atomic E-state index is -0.267. The van der Waals surface area contributed by atoms with Crippen LogP contribution in [0.2, 0.25) is 0 Å². The highest BCUT2D eigenvalue weighted by Gasteiger charge is 2.30. The van der Waals surface area contributed by atoms with Gasteiger partial charge in [-0.3, -0.25) is 0 Å². The summed E-state index contributed by atoms with van der Waals surface area (Å²) in [7, 11) is 1.76. The molecule has 1 heterocycles. The molecule has 102 valence electrons. The smallest absolute Gasteiger partial charge is 0.125 e. The van der Waals surface area contributed by atoms with Crippen molar-refractivity contribution in [2.45, 2.75) is 58.1 Å². The highest BCUT2D eigenvalue weighted by Crippen LogP contribution is 2.38. The molecule has 0 fully saturated rings. The number of methoxy groups -OCH3 is 1. The minimum Gasteiger partial charge on any atom is -0.372 e. The number of ether oxygens (including phenoxy) is 1. The number of nitrogens with zero attached hydrogens (tertiary/aromatic N) is 1. The number of thiazole rings is 1. The first-order valence-electron chi connectivity index (χ1n) is 6.87. The van der Waals surface area contributed by atoms with E-state index >= 15 is 0 Å². The second-order valence-corrected chi connectivity index (χ2v) is 6.47. The Morgan fingerprint density at radius 1 is 1.50 bits per heavy atom.